The molecular weight excluding hydrogens is 532 g/mol. The molecule has 5 aromatic rings. The van der Waals surface area contributed by atoms with Gasteiger partial charge in [0.2, 0.25) is 0 Å². The number of ether oxygens (including phenoxy) is 1. The molecule has 0 aliphatic carbocycles. The quantitative estimate of drug-likeness (QED) is 0.316. The van der Waals surface area contributed by atoms with Crippen LogP contribution >= 0.6 is 11.6 Å². The van der Waals surface area contributed by atoms with E-state index >= 15 is 0 Å². The fraction of sp³-hybridized carbons (Fsp3) is 0.214. The van der Waals surface area contributed by atoms with E-state index in [-0.39, 0.29) is 23.3 Å². The van der Waals surface area contributed by atoms with Crippen molar-refractivity contribution in [3.05, 3.63) is 87.8 Å². The van der Waals surface area contributed by atoms with Crippen LogP contribution in [0.15, 0.2) is 66.0 Å². The smallest absolute Gasteiger partial charge is 0.285 e. The SMILES string of the molecule is CC(C)c1cc(C(=O)Nc2ccc(-c3cn(C4COC4)c4ncnc(N)c34)cc2)c(=O)n(-c2ccc(Cl)cn2)n1. The molecule has 1 aromatic carbocycles. The molecule has 11 nitrogen and oxygen atoms in total. The van der Waals surface area contributed by atoms with Gasteiger partial charge in [-0.25, -0.2) is 15.0 Å². The lowest BCUT2D eigenvalue weighted by Crippen LogP contribution is -2.31. The third-order valence-electron chi connectivity index (χ3n) is 6.80. The summed E-state index contributed by atoms with van der Waals surface area (Å²) in [7, 11) is 0. The monoisotopic (exact) mass is 556 g/mol. The number of nitrogens with one attached hydrogen (secondary N) is 1. The number of halogens is 1. The van der Waals surface area contributed by atoms with Crippen LogP contribution in [0.1, 0.15) is 41.9 Å². The molecule has 5 heterocycles. The molecule has 202 valence electrons. The normalized spacial score (nSPS) is 13.5. The lowest BCUT2D eigenvalue weighted by atomic mass is 10.1. The Bertz CT molecular complexity index is 1790. The number of rotatable bonds is 6. The van der Waals surface area contributed by atoms with Crippen molar-refractivity contribution < 1.29 is 9.53 Å². The number of aromatic nitrogens is 6. The molecule has 0 saturated carbocycles. The first-order valence-electron chi connectivity index (χ1n) is 12.7. The molecular formula is C28H25ClN8O3. The molecule has 12 heteroatoms. The van der Waals surface area contributed by atoms with Gasteiger partial charge in [-0.2, -0.15) is 9.78 Å². The molecule has 0 atom stereocenters. The van der Waals surface area contributed by atoms with Gasteiger partial charge in [0, 0.05) is 23.6 Å². The van der Waals surface area contributed by atoms with Crippen LogP contribution in [0, 0.1) is 0 Å². The predicted octanol–water partition coefficient (Wildman–Crippen LogP) is 4.22. The van der Waals surface area contributed by atoms with Crippen LogP contribution in [0.2, 0.25) is 5.02 Å². The number of amides is 1. The van der Waals surface area contributed by atoms with Gasteiger partial charge in [0.15, 0.2) is 5.82 Å². The van der Waals surface area contributed by atoms with Gasteiger partial charge >= 0.3 is 0 Å². The van der Waals surface area contributed by atoms with Crippen LogP contribution in [-0.2, 0) is 4.74 Å². The van der Waals surface area contributed by atoms with Crippen LogP contribution in [0.4, 0.5) is 11.5 Å². The molecule has 1 aliphatic heterocycles. The summed E-state index contributed by atoms with van der Waals surface area (Å²) in [4.78, 5) is 39.4. The average Bonchev–Trinajstić information content (AvgIpc) is 3.29. The molecule has 0 radical (unpaired) electrons. The highest BCUT2D eigenvalue weighted by atomic mass is 35.5. The number of benzene rings is 1. The molecule has 0 unspecified atom stereocenters. The molecule has 40 heavy (non-hydrogen) atoms. The molecule has 3 N–H and O–H groups in total. The van der Waals surface area contributed by atoms with Crippen LogP contribution in [0.3, 0.4) is 0 Å². The molecule has 1 aliphatic rings. The lowest BCUT2D eigenvalue weighted by molar-refractivity contribution is -0.0215. The number of anilines is 2. The third kappa shape index (κ3) is 4.59. The molecule has 4 aromatic heterocycles. The van der Waals surface area contributed by atoms with Gasteiger partial charge in [-0.05, 0) is 41.8 Å². The molecule has 1 fully saturated rings. The van der Waals surface area contributed by atoms with Crippen molar-refractivity contribution in [1.82, 2.24) is 29.3 Å². The van der Waals surface area contributed by atoms with Gasteiger partial charge in [0.1, 0.15) is 23.4 Å². The number of nitrogen functional groups attached to an aromatic ring is 1. The Morgan fingerprint density at radius 1 is 1.12 bits per heavy atom. The van der Waals surface area contributed by atoms with E-state index in [0.29, 0.717) is 35.4 Å². The highest BCUT2D eigenvalue weighted by Gasteiger charge is 2.25. The van der Waals surface area contributed by atoms with E-state index in [4.69, 9.17) is 22.1 Å². The van der Waals surface area contributed by atoms with Crippen molar-refractivity contribution in [2.75, 3.05) is 24.3 Å². The second kappa shape index (κ2) is 10.2. The summed E-state index contributed by atoms with van der Waals surface area (Å²) in [5, 5.41) is 8.43. The Morgan fingerprint density at radius 3 is 2.55 bits per heavy atom. The fourth-order valence-electron chi connectivity index (χ4n) is 4.53. The minimum absolute atomic E-state index is 0.0324. The van der Waals surface area contributed by atoms with Crippen LogP contribution in [0.5, 0.6) is 0 Å². The van der Waals surface area contributed by atoms with E-state index < -0.39 is 11.5 Å². The van der Waals surface area contributed by atoms with Gasteiger partial charge in [-0.3, -0.25) is 9.59 Å². The highest BCUT2D eigenvalue weighted by molar-refractivity contribution is 6.30. The van der Waals surface area contributed by atoms with Crippen molar-refractivity contribution in [2.24, 2.45) is 0 Å². The zero-order valence-electron chi connectivity index (χ0n) is 21.7. The number of nitrogens with zero attached hydrogens (tertiary/aromatic N) is 6. The van der Waals surface area contributed by atoms with Gasteiger partial charge in [-0.15, -0.1) is 0 Å². The van der Waals surface area contributed by atoms with Crippen LogP contribution in [-0.4, -0.2) is 48.4 Å². The molecule has 1 amide bonds. The third-order valence-corrected chi connectivity index (χ3v) is 7.03. The van der Waals surface area contributed by atoms with Crippen LogP contribution in [0.25, 0.3) is 28.0 Å². The summed E-state index contributed by atoms with van der Waals surface area (Å²) in [6, 6.07) is 12.2. The zero-order valence-corrected chi connectivity index (χ0v) is 22.5. The Hall–Kier alpha value is -4.61. The van der Waals surface area contributed by atoms with Gasteiger partial charge < -0.3 is 20.4 Å². The molecule has 0 bridgehead atoms. The summed E-state index contributed by atoms with van der Waals surface area (Å²) < 4.78 is 8.56. The highest BCUT2D eigenvalue weighted by Crippen LogP contribution is 2.36. The number of pyridine rings is 1. The number of carbonyl (C=O) groups is 1. The Kier molecular flexibility index (Phi) is 6.53. The average molecular weight is 557 g/mol. The van der Waals surface area contributed by atoms with E-state index in [9.17, 15) is 9.59 Å². The predicted molar refractivity (Wildman–Crippen MR) is 152 cm³/mol. The van der Waals surface area contributed by atoms with E-state index in [1.165, 1.54) is 18.6 Å². The van der Waals surface area contributed by atoms with Gasteiger partial charge in [-0.1, -0.05) is 37.6 Å². The topological polar surface area (TPSA) is 143 Å². The Labute approximate surface area is 233 Å². The van der Waals surface area contributed by atoms with Crippen molar-refractivity contribution in [3.8, 4) is 16.9 Å². The van der Waals surface area contributed by atoms with Crippen molar-refractivity contribution in [2.45, 2.75) is 25.8 Å². The zero-order chi connectivity index (χ0) is 28.0. The van der Waals surface area contributed by atoms with E-state index in [1.54, 1.807) is 24.3 Å². The maximum absolute atomic E-state index is 13.3. The van der Waals surface area contributed by atoms with Gasteiger partial charge in [0.05, 0.1) is 35.4 Å². The molecule has 6 rings (SSSR count). The van der Waals surface area contributed by atoms with Crippen LogP contribution < -0.4 is 16.6 Å². The number of nitrogens with two attached hydrogens (primary N) is 1. The van der Waals surface area contributed by atoms with E-state index in [2.05, 4.69) is 29.9 Å². The van der Waals surface area contributed by atoms with Crippen molar-refractivity contribution >= 4 is 40.0 Å². The van der Waals surface area contributed by atoms with Crippen molar-refractivity contribution in [3.63, 3.8) is 0 Å². The second-order valence-corrected chi connectivity index (χ2v) is 10.3. The summed E-state index contributed by atoms with van der Waals surface area (Å²) in [5.41, 5.74) is 9.21. The van der Waals surface area contributed by atoms with E-state index in [0.717, 1.165) is 26.8 Å². The first-order valence-corrected chi connectivity index (χ1v) is 13.0. The number of fused-ring (bicyclic) bond motifs is 1. The second-order valence-electron chi connectivity index (χ2n) is 9.82. The number of hydrogen-bond donors (Lipinski definition) is 2. The summed E-state index contributed by atoms with van der Waals surface area (Å²) in [6.45, 7) is 5.09. The Balaban J connectivity index is 1.31. The molecule has 0 spiro atoms. The fourth-order valence-corrected chi connectivity index (χ4v) is 4.64. The first kappa shape index (κ1) is 25.7. The number of hydrogen-bond acceptors (Lipinski definition) is 8. The summed E-state index contributed by atoms with van der Waals surface area (Å²) in [5.74, 6) is 0.0756. The lowest BCUT2D eigenvalue weighted by Gasteiger charge is -2.27. The standard InChI is InChI=1S/C28H25ClN8O3/c1-15(2)22-9-20(28(39)37(35-22)23-8-5-17(29)10-31-23)27(38)34-18-6-3-16(4-7-18)21-11-36(19-12-40-13-19)26-24(21)25(30)32-14-33-26/h3-11,14-15,19H,12-13H2,1-2H3,(H,34,38)(H2,30,32,33). The first-order chi connectivity index (χ1) is 19.3. The summed E-state index contributed by atoms with van der Waals surface area (Å²) >= 11 is 5.95. The van der Waals surface area contributed by atoms with E-state index in [1.807, 2.05) is 32.2 Å². The van der Waals surface area contributed by atoms with Crippen molar-refractivity contribution in [1.29, 1.82) is 0 Å². The summed E-state index contributed by atoms with van der Waals surface area (Å²) in [6.07, 6.45) is 4.89. The largest absolute Gasteiger partial charge is 0.383 e. The maximum Gasteiger partial charge on any atom is 0.285 e. The molecule has 1 saturated heterocycles. The number of carbonyl (C=O) groups excluding carboxylic acids is 1. The maximum atomic E-state index is 13.3. The Morgan fingerprint density at radius 2 is 1.90 bits per heavy atom. The minimum atomic E-state index is -0.586. The minimum Gasteiger partial charge on any atom is -0.383 e. The van der Waals surface area contributed by atoms with Gasteiger partial charge in [0.25, 0.3) is 11.5 Å².